The Bertz CT molecular complexity index is 194. The molecular formula is C6H10N2O2. The van der Waals surface area contributed by atoms with E-state index in [4.69, 9.17) is 10.8 Å². The number of carboxylic acid groups (broad SMARTS) is 1. The topological polar surface area (TPSA) is 75.7 Å². The van der Waals surface area contributed by atoms with Crippen LogP contribution in [0.2, 0.25) is 0 Å². The minimum absolute atomic E-state index is 0.164. The van der Waals surface area contributed by atoms with Crippen LogP contribution in [0.25, 0.3) is 0 Å². The van der Waals surface area contributed by atoms with Crippen molar-refractivity contribution in [1.29, 1.82) is 0 Å². The zero-order valence-corrected chi connectivity index (χ0v) is 5.79. The van der Waals surface area contributed by atoms with Gasteiger partial charge in [0.15, 0.2) is 0 Å². The highest BCUT2D eigenvalue weighted by Crippen LogP contribution is 2.38. The lowest BCUT2D eigenvalue weighted by Crippen LogP contribution is -2.25. The van der Waals surface area contributed by atoms with E-state index < -0.39 is 5.97 Å². The van der Waals surface area contributed by atoms with Crippen molar-refractivity contribution < 1.29 is 9.90 Å². The van der Waals surface area contributed by atoms with Crippen LogP contribution in [0.3, 0.4) is 0 Å². The van der Waals surface area contributed by atoms with E-state index in [2.05, 4.69) is 4.99 Å². The maximum atomic E-state index is 10.1. The molecule has 0 aromatic heterocycles. The number of nitrogens with two attached hydrogens (primary N) is 1. The number of hydrogen-bond acceptors (Lipinski definition) is 2. The fourth-order valence-electron chi connectivity index (χ4n) is 0.631. The Kier molecular flexibility index (Phi) is 1.39. The van der Waals surface area contributed by atoms with Gasteiger partial charge in [-0.1, -0.05) is 0 Å². The Morgan fingerprint density at radius 2 is 2.20 bits per heavy atom. The summed E-state index contributed by atoms with van der Waals surface area (Å²) in [6.45, 7) is 1.89. The molecule has 0 aromatic carbocycles. The molecule has 4 nitrogen and oxygen atoms in total. The van der Waals surface area contributed by atoms with E-state index in [1.807, 2.05) is 6.92 Å². The summed E-state index contributed by atoms with van der Waals surface area (Å²) in [5, 5.41) is 8.32. The van der Waals surface area contributed by atoms with Gasteiger partial charge in [0.2, 0.25) is 5.84 Å². The number of amidine groups is 1. The summed E-state index contributed by atoms with van der Waals surface area (Å²) < 4.78 is 0. The molecular weight excluding hydrogens is 132 g/mol. The highest BCUT2D eigenvalue weighted by molar-refractivity contribution is 6.33. The predicted molar refractivity (Wildman–Crippen MR) is 36.9 cm³/mol. The van der Waals surface area contributed by atoms with Gasteiger partial charge < -0.3 is 10.8 Å². The number of hydrogen-bond donors (Lipinski definition) is 2. The average molecular weight is 142 g/mol. The zero-order valence-electron chi connectivity index (χ0n) is 5.79. The van der Waals surface area contributed by atoms with Crippen molar-refractivity contribution in [2.24, 2.45) is 10.7 Å². The third kappa shape index (κ3) is 1.46. The molecule has 0 bridgehead atoms. The predicted octanol–water partition coefficient (Wildman–Crippen LogP) is -0.0193. The van der Waals surface area contributed by atoms with Crippen LogP contribution < -0.4 is 5.73 Å². The average Bonchev–Trinajstić information content (AvgIpc) is 2.47. The largest absolute Gasteiger partial charge is 0.475 e. The third-order valence-electron chi connectivity index (χ3n) is 1.58. The van der Waals surface area contributed by atoms with Gasteiger partial charge in [0.05, 0.1) is 5.54 Å². The van der Waals surface area contributed by atoms with Gasteiger partial charge in [-0.2, -0.15) is 0 Å². The number of aliphatic imine (C=N–C) groups is 1. The Morgan fingerprint density at radius 3 is 2.50 bits per heavy atom. The van der Waals surface area contributed by atoms with E-state index in [1.54, 1.807) is 0 Å². The Balaban J connectivity index is 2.62. The zero-order chi connectivity index (χ0) is 7.78. The molecule has 4 heteroatoms. The first-order chi connectivity index (χ1) is 4.53. The van der Waals surface area contributed by atoms with Gasteiger partial charge in [0, 0.05) is 0 Å². The maximum absolute atomic E-state index is 10.1. The number of carbonyl (C=O) groups is 1. The van der Waals surface area contributed by atoms with E-state index in [1.165, 1.54) is 0 Å². The minimum Gasteiger partial charge on any atom is -0.475 e. The summed E-state index contributed by atoms with van der Waals surface area (Å²) in [7, 11) is 0. The molecule has 0 unspecified atom stereocenters. The van der Waals surface area contributed by atoms with Gasteiger partial charge in [-0.3, -0.25) is 4.99 Å². The second-order valence-electron chi connectivity index (χ2n) is 2.80. The van der Waals surface area contributed by atoms with Crippen molar-refractivity contribution in [3.8, 4) is 0 Å². The lowest BCUT2D eigenvalue weighted by molar-refractivity contribution is -0.129. The van der Waals surface area contributed by atoms with Gasteiger partial charge in [0.25, 0.3) is 0 Å². The third-order valence-corrected chi connectivity index (χ3v) is 1.58. The van der Waals surface area contributed by atoms with Gasteiger partial charge in [-0.25, -0.2) is 4.79 Å². The highest BCUT2D eigenvalue weighted by Gasteiger charge is 2.37. The molecule has 1 aliphatic carbocycles. The first kappa shape index (κ1) is 7.05. The van der Waals surface area contributed by atoms with E-state index in [0.717, 1.165) is 12.8 Å². The standard InChI is InChI=1S/C6H10N2O2/c1-6(2-3-6)8-4(7)5(9)10/h2-3H2,1H3,(H2,7,8)(H,9,10). The molecule has 1 saturated carbocycles. The molecule has 0 saturated heterocycles. The number of nitrogens with zero attached hydrogens (tertiary/aromatic N) is 1. The molecule has 10 heavy (non-hydrogen) atoms. The van der Waals surface area contributed by atoms with E-state index in [0.29, 0.717) is 0 Å². The summed E-state index contributed by atoms with van der Waals surface area (Å²) in [4.78, 5) is 14.0. The second kappa shape index (κ2) is 1.97. The second-order valence-corrected chi connectivity index (χ2v) is 2.80. The number of aliphatic carboxylic acids is 1. The summed E-state index contributed by atoms with van der Waals surface area (Å²) in [6, 6.07) is 0. The van der Waals surface area contributed by atoms with Crippen molar-refractivity contribution in [2.45, 2.75) is 25.3 Å². The summed E-state index contributed by atoms with van der Waals surface area (Å²) in [6.07, 6.45) is 1.89. The number of rotatable bonds is 1. The van der Waals surface area contributed by atoms with Gasteiger partial charge >= 0.3 is 5.97 Å². The van der Waals surface area contributed by atoms with E-state index >= 15 is 0 Å². The van der Waals surface area contributed by atoms with Crippen molar-refractivity contribution in [3.63, 3.8) is 0 Å². The first-order valence-electron chi connectivity index (χ1n) is 3.12. The molecule has 0 heterocycles. The van der Waals surface area contributed by atoms with Crippen LogP contribution in [0.4, 0.5) is 0 Å². The van der Waals surface area contributed by atoms with Crippen molar-refractivity contribution in [3.05, 3.63) is 0 Å². The molecule has 1 rings (SSSR count). The molecule has 0 radical (unpaired) electrons. The maximum Gasteiger partial charge on any atom is 0.370 e. The lowest BCUT2D eigenvalue weighted by Gasteiger charge is -1.99. The minimum atomic E-state index is -1.13. The van der Waals surface area contributed by atoms with Crippen molar-refractivity contribution in [2.75, 3.05) is 0 Å². The fourth-order valence-corrected chi connectivity index (χ4v) is 0.631. The van der Waals surface area contributed by atoms with Crippen molar-refractivity contribution >= 4 is 11.8 Å². The Morgan fingerprint density at radius 1 is 1.70 bits per heavy atom. The summed E-state index contributed by atoms with van der Waals surface area (Å²) in [5.41, 5.74) is 4.93. The molecule has 0 aliphatic heterocycles. The van der Waals surface area contributed by atoms with Crippen LogP contribution in [-0.2, 0) is 4.79 Å². The fraction of sp³-hybridized carbons (Fsp3) is 0.667. The van der Waals surface area contributed by atoms with Crippen LogP contribution in [0.15, 0.2) is 4.99 Å². The summed E-state index contributed by atoms with van der Waals surface area (Å²) in [5.74, 6) is -1.41. The molecule has 0 aromatic rings. The molecule has 0 spiro atoms. The SMILES string of the molecule is CC1(N=C(N)C(=O)O)CC1. The van der Waals surface area contributed by atoms with Crippen LogP contribution in [-0.4, -0.2) is 22.5 Å². The van der Waals surface area contributed by atoms with Crippen molar-refractivity contribution in [1.82, 2.24) is 0 Å². The molecule has 1 fully saturated rings. The van der Waals surface area contributed by atoms with E-state index in [-0.39, 0.29) is 11.4 Å². The van der Waals surface area contributed by atoms with Crippen LogP contribution in [0.1, 0.15) is 19.8 Å². The molecule has 0 atom stereocenters. The summed E-state index contributed by atoms with van der Waals surface area (Å²) >= 11 is 0. The monoisotopic (exact) mass is 142 g/mol. The number of carboxylic acids is 1. The highest BCUT2D eigenvalue weighted by atomic mass is 16.4. The lowest BCUT2D eigenvalue weighted by atomic mass is 10.3. The molecule has 56 valence electrons. The Labute approximate surface area is 58.7 Å². The van der Waals surface area contributed by atoms with Crippen LogP contribution >= 0.6 is 0 Å². The molecule has 0 amide bonds. The smallest absolute Gasteiger partial charge is 0.370 e. The molecule has 1 aliphatic rings. The van der Waals surface area contributed by atoms with E-state index in [9.17, 15) is 4.79 Å². The van der Waals surface area contributed by atoms with Gasteiger partial charge in [-0.15, -0.1) is 0 Å². The van der Waals surface area contributed by atoms with Crippen LogP contribution in [0.5, 0.6) is 0 Å². The normalized spacial score (nSPS) is 22.3. The van der Waals surface area contributed by atoms with Gasteiger partial charge in [0.1, 0.15) is 0 Å². The first-order valence-corrected chi connectivity index (χ1v) is 3.12. The van der Waals surface area contributed by atoms with Crippen LogP contribution in [0, 0.1) is 0 Å². The molecule has 3 N–H and O–H groups in total. The van der Waals surface area contributed by atoms with Gasteiger partial charge in [-0.05, 0) is 19.8 Å². The Hall–Kier alpha value is -1.06. The quantitative estimate of drug-likeness (QED) is 0.399.